The minimum Gasteiger partial charge on any atom is -0.356 e. The summed E-state index contributed by atoms with van der Waals surface area (Å²) in [7, 11) is 0. The van der Waals surface area contributed by atoms with Crippen molar-refractivity contribution in [1.29, 1.82) is 0 Å². The zero-order valence-electron chi connectivity index (χ0n) is 10.7. The molecule has 0 aromatic carbocycles. The van der Waals surface area contributed by atoms with E-state index in [0.717, 1.165) is 45.3 Å². The smallest absolute Gasteiger partial charge is 0.112 e. The van der Waals surface area contributed by atoms with E-state index in [2.05, 4.69) is 27.8 Å². The molecule has 1 aromatic rings. The third-order valence-corrected chi connectivity index (χ3v) is 4.03. The highest BCUT2D eigenvalue weighted by Crippen LogP contribution is 2.31. The number of rotatable bonds is 2. The third kappa shape index (κ3) is 2.71. The first-order valence-corrected chi connectivity index (χ1v) is 6.87. The number of ether oxygens (including phenoxy) is 1. The van der Waals surface area contributed by atoms with Gasteiger partial charge in [0, 0.05) is 25.4 Å². The maximum absolute atomic E-state index is 6.35. The molecule has 2 aliphatic heterocycles. The maximum atomic E-state index is 6.35. The summed E-state index contributed by atoms with van der Waals surface area (Å²) in [6.45, 7) is 3.24. The molecule has 2 aliphatic rings. The zero-order chi connectivity index (χ0) is 12.3. The quantitative estimate of drug-likeness (QED) is 0.821. The summed E-state index contributed by atoms with van der Waals surface area (Å²) in [5.41, 5.74) is 1.40. The van der Waals surface area contributed by atoms with Crippen LogP contribution in [0.2, 0.25) is 0 Å². The molecule has 18 heavy (non-hydrogen) atoms. The standard InChI is InChI=1S/C14H21N3O/c1-6-15-7-2-12(1)11-13-17-10-5-14(18-13)3-8-16-9-4-14/h1-2,6-7,13,16-17H,3-5,8-11H2. The Bertz CT molecular complexity index is 370. The van der Waals surface area contributed by atoms with Crippen LogP contribution in [0.3, 0.4) is 0 Å². The summed E-state index contributed by atoms with van der Waals surface area (Å²) in [5.74, 6) is 0. The van der Waals surface area contributed by atoms with Crippen molar-refractivity contribution in [3.8, 4) is 0 Å². The number of piperidine rings is 1. The molecular formula is C14H21N3O. The van der Waals surface area contributed by atoms with Crippen molar-refractivity contribution in [3.05, 3.63) is 30.1 Å². The summed E-state index contributed by atoms with van der Waals surface area (Å²) in [5, 5.41) is 6.89. The zero-order valence-corrected chi connectivity index (χ0v) is 10.7. The van der Waals surface area contributed by atoms with Crippen LogP contribution in [0.4, 0.5) is 0 Å². The summed E-state index contributed by atoms with van der Waals surface area (Å²) >= 11 is 0. The lowest BCUT2D eigenvalue weighted by Gasteiger charge is -2.44. The van der Waals surface area contributed by atoms with E-state index in [9.17, 15) is 0 Å². The van der Waals surface area contributed by atoms with Crippen molar-refractivity contribution in [2.75, 3.05) is 19.6 Å². The minimum absolute atomic E-state index is 0.119. The fourth-order valence-electron chi connectivity index (χ4n) is 2.96. The molecule has 3 heterocycles. The topological polar surface area (TPSA) is 46.2 Å². The number of hydrogen-bond donors (Lipinski definition) is 2. The average Bonchev–Trinajstić information content (AvgIpc) is 2.41. The molecule has 1 spiro atoms. The van der Waals surface area contributed by atoms with Crippen LogP contribution in [0, 0.1) is 0 Å². The van der Waals surface area contributed by atoms with Gasteiger partial charge in [0.15, 0.2) is 0 Å². The van der Waals surface area contributed by atoms with Crippen LogP contribution < -0.4 is 10.6 Å². The SMILES string of the molecule is c1cc(CC2NCCC3(CCNCC3)O2)ccn1. The normalized spacial score (nSPS) is 27.2. The molecule has 3 rings (SSSR count). The molecule has 1 atom stereocenters. The molecule has 0 saturated carbocycles. The Hall–Kier alpha value is -0.970. The third-order valence-electron chi connectivity index (χ3n) is 4.03. The molecule has 2 saturated heterocycles. The van der Waals surface area contributed by atoms with E-state index < -0.39 is 0 Å². The van der Waals surface area contributed by atoms with Crippen molar-refractivity contribution >= 4 is 0 Å². The van der Waals surface area contributed by atoms with Crippen molar-refractivity contribution in [3.63, 3.8) is 0 Å². The Kier molecular flexibility index (Phi) is 3.59. The van der Waals surface area contributed by atoms with Crippen LogP contribution in [-0.4, -0.2) is 36.4 Å². The van der Waals surface area contributed by atoms with Gasteiger partial charge in [0.25, 0.3) is 0 Å². The lowest BCUT2D eigenvalue weighted by molar-refractivity contribution is -0.148. The van der Waals surface area contributed by atoms with E-state index in [1.807, 2.05) is 12.4 Å². The second kappa shape index (κ2) is 5.34. The van der Waals surface area contributed by atoms with E-state index in [4.69, 9.17) is 4.74 Å². The summed E-state index contributed by atoms with van der Waals surface area (Å²) in [6, 6.07) is 4.13. The van der Waals surface area contributed by atoms with E-state index in [0.29, 0.717) is 0 Å². The van der Waals surface area contributed by atoms with Gasteiger partial charge < -0.3 is 10.1 Å². The molecule has 0 bridgehead atoms. The van der Waals surface area contributed by atoms with Crippen molar-refractivity contribution in [2.24, 2.45) is 0 Å². The van der Waals surface area contributed by atoms with Gasteiger partial charge in [-0.15, -0.1) is 0 Å². The van der Waals surface area contributed by atoms with Gasteiger partial charge in [-0.2, -0.15) is 0 Å². The molecule has 98 valence electrons. The minimum atomic E-state index is 0.119. The monoisotopic (exact) mass is 247 g/mol. The van der Waals surface area contributed by atoms with Crippen LogP contribution >= 0.6 is 0 Å². The van der Waals surface area contributed by atoms with Crippen LogP contribution in [-0.2, 0) is 11.2 Å². The Morgan fingerprint density at radius 2 is 1.89 bits per heavy atom. The Labute approximate surface area is 108 Å². The summed E-state index contributed by atoms with van der Waals surface area (Å²) < 4.78 is 6.35. The van der Waals surface area contributed by atoms with Crippen molar-refractivity contribution in [1.82, 2.24) is 15.6 Å². The van der Waals surface area contributed by atoms with Crippen LogP contribution in [0.1, 0.15) is 24.8 Å². The Morgan fingerprint density at radius 3 is 2.67 bits per heavy atom. The van der Waals surface area contributed by atoms with Gasteiger partial charge in [0.1, 0.15) is 6.23 Å². The van der Waals surface area contributed by atoms with Gasteiger partial charge in [0.05, 0.1) is 5.60 Å². The van der Waals surface area contributed by atoms with E-state index >= 15 is 0 Å². The van der Waals surface area contributed by atoms with Crippen LogP contribution in [0.5, 0.6) is 0 Å². The van der Waals surface area contributed by atoms with E-state index in [-0.39, 0.29) is 11.8 Å². The highest BCUT2D eigenvalue weighted by molar-refractivity contribution is 5.11. The van der Waals surface area contributed by atoms with E-state index in [1.54, 1.807) is 0 Å². The first kappa shape index (κ1) is 12.1. The lowest BCUT2D eigenvalue weighted by atomic mass is 9.87. The molecule has 0 amide bonds. The van der Waals surface area contributed by atoms with Gasteiger partial charge in [-0.05, 0) is 50.0 Å². The second-order valence-corrected chi connectivity index (χ2v) is 5.30. The maximum Gasteiger partial charge on any atom is 0.112 e. The highest BCUT2D eigenvalue weighted by atomic mass is 16.5. The van der Waals surface area contributed by atoms with Gasteiger partial charge in [-0.3, -0.25) is 10.3 Å². The second-order valence-electron chi connectivity index (χ2n) is 5.30. The highest BCUT2D eigenvalue weighted by Gasteiger charge is 2.37. The number of nitrogens with zero attached hydrogens (tertiary/aromatic N) is 1. The summed E-state index contributed by atoms with van der Waals surface area (Å²) in [4.78, 5) is 4.05. The van der Waals surface area contributed by atoms with Crippen molar-refractivity contribution in [2.45, 2.75) is 37.5 Å². The lowest BCUT2D eigenvalue weighted by Crippen LogP contribution is -2.55. The molecule has 0 aliphatic carbocycles. The molecule has 1 unspecified atom stereocenters. The van der Waals surface area contributed by atoms with Gasteiger partial charge in [0.2, 0.25) is 0 Å². The molecular weight excluding hydrogens is 226 g/mol. The fraction of sp³-hybridized carbons (Fsp3) is 0.643. The molecule has 1 aromatic heterocycles. The molecule has 0 radical (unpaired) electrons. The van der Waals surface area contributed by atoms with E-state index in [1.165, 1.54) is 5.56 Å². The number of aromatic nitrogens is 1. The molecule has 2 fully saturated rings. The molecule has 4 heteroatoms. The Morgan fingerprint density at radius 1 is 1.17 bits per heavy atom. The molecule has 4 nitrogen and oxygen atoms in total. The first-order chi connectivity index (χ1) is 8.86. The Balaban J connectivity index is 1.63. The summed E-state index contributed by atoms with van der Waals surface area (Å²) in [6.07, 6.45) is 8.19. The van der Waals surface area contributed by atoms with Crippen molar-refractivity contribution < 1.29 is 4.74 Å². The van der Waals surface area contributed by atoms with Gasteiger partial charge >= 0.3 is 0 Å². The first-order valence-electron chi connectivity index (χ1n) is 6.87. The van der Waals surface area contributed by atoms with Gasteiger partial charge in [-0.1, -0.05) is 0 Å². The average molecular weight is 247 g/mol. The largest absolute Gasteiger partial charge is 0.356 e. The van der Waals surface area contributed by atoms with Gasteiger partial charge in [-0.25, -0.2) is 0 Å². The number of pyridine rings is 1. The van der Waals surface area contributed by atoms with Crippen LogP contribution in [0.25, 0.3) is 0 Å². The predicted octanol–water partition coefficient (Wildman–Crippen LogP) is 1.08. The molecule has 2 N–H and O–H groups in total. The van der Waals surface area contributed by atoms with Crippen LogP contribution in [0.15, 0.2) is 24.5 Å². The predicted molar refractivity (Wildman–Crippen MR) is 70.3 cm³/mol. The number of nitrogens with one attached hydrogen (secondary N) is 2. The fourth-order valence-corrected chi connectivity index (χ4v) is 2.96. The number of hydrogen-bond acceptors (Lipinski definition) is 4.